The summed E-state index contributed by atoms with van der Waals surface area (Å²) in [5.41, 5.74) is 1.67. The Morgan fingerprint density at radius 2 is 1.95 bits per heavy atom. The molecule has 2 aliphatic carbocycles. The normalized spacial score (nSPS) is 31.9. The van der Waals surface area contributed by atoms with Crippen LogP contribution in [0.4, 0.5) is 0 Å². The first-order valence-electron chi connectivity index (χ1n) is 7.90. The number of nitrogens with zero attached hydrogens (tertiary/aromatic N) is 1. The van der Waals surface area contributed by atoms with Gasteiger partial charge in [-0.1, -0.05) is 27.7 Å². The Morgan fingerprint density at radius 3 is 2.43 bits per heavy atom. The van der Waals surface area contributed by atoms with Gasteiger partial charge in [-0.3, -0.25) is 10.1 Å². The van der Waals surface area contributed by atoms with E-state index in [1.165, 1.54) is 5.56 Å². The summed E-state index contributed by atoms with van der Waals surface area (Å²) in [6.45, 7) is 10.2. The number of nitrogens with one attached hydrogen (secondary N) is 1. The Morgan fingerprint density at radius 1 is 1.29 bits per heavy atom. The summed E-state index contributed by atoms with van der Waals surface area (Å²) < 4.78 is 0. The molecule has 21 heavy (non-hydrogen) atoms. The average molecular weight is 304 g/mol. The molecule has 1 amide bonds. The molecule has 1 aromatic rings. The van der Waals surface area contributed by atoms with Gasteiger partial charge in [0.05, 0.1) is 0 Å². The van der Waals surface area contributed by atoms with Crippen LogP contribution in [0.1, 0.15) is 52.3 Å². The summed E-state index contributed by atoms with van der Waals surface area (Å²) in [4.78, 5) is 15.0. The van der Waals surface area contributed by atoms with Gasteiger partial charge in [-0.25, -0.2) is 0 Å². The molecule has 114 valence electrons. The minimum Gasteiger partial charge on any atom is -0.321 e. The molecule has 1 spiro atoms. The molecule has 1 unspecified atom stereocenters. The molecule has 1 aliphatic heterocycles. The summed E-state index contributed by atoms with van der Waals surface area (Å²) in [6.07, 6.45) is 2.08. The molecular formula is C17H24N2OS. The van der Waals surface area contributed by atoms with Gasteiger partial charge in [0.1, 0.15) is 11.7 Å². The number of carbonyl (C=O) groups is 1. The van der Waals surface area contributed by atoms with E-state index >= 15 is 0 Å². The van der Waals surface area contributed by atoms with Crippen LogP contribution in [0.3, 0.4) is 0 Å². The molecule has 0 bridgehead atoms. The minimum atomic E-state index is -0.226. The summed E-state index contributed by atoms with van der Waals surface area (Å²) in [6, 6.07) is 2.15. The largest absolute Gasteiger partial charge is 0.321 e. The molecule has 1 aromatic heterocycles. The van der Waals surface area contributed by atoms with Crippen LogP contribution in [-0.2, 0) is 4.79 Å². The number of carbonyl (C=O) groups excluding carboxylic acids is 1. The fraction of sp³-hybridized carbons (Fsp3) is 0.706. The summed E-state index contributed by atoms with van der Waals surface area (Å²) in [5, 5.41) is 7.88. The van der Waals surface area contributed by atoms with Gasteiger partial charge in [0.25, 0.3) is 0 Å². The smallest absolute Gasteiger partial charge is 0.244 e. The lowest BCUT2D eigenvalue weighted by Crippen LogP contribution is -2.34. The molecule has 4 rings (SSSR count). The SMILES string of the molecule is CC1(C)C(CN2C(=O)C3(CC3)NC2c2ccsc2)C1(C)C. The molecule has 2 saturated carbocycles. The molecule has 3 nitrogen and oxygen atoms in total. The van der Waals surface area contributed by atoms with Crippen LogP contribution in [-0.4, -0.2) is 22.9 Å². The highest BCUT2D eigenvalue weighted by molar-refractivity contribution is 7.08. The molecule has 1 saturated heterocycles. The van der Waals surface area contributed by atoms with Gasteiger partial charge in [-0.05, 0) is 52.0 Å². The van der Waals surface area contributed by atoms with Gasteiger partial charge in [-0.15, -0.1) is 0 Å². The standard InChI is InChI=1S/C17H24N2OS/c1-15(2)12(16(15,3)4)9-19-13(11-5-8-21-10-11)18-17(6-7-17)14(19)20/h5,8,10,12-13,18H,6-7,9H2,1-4H3. The van der Waals surface area contributed by atoms with Crippen LogP contribution in [0.15, 0.2) is 16.8 Å². The number of rotatable bonds is 3. The molecule has 3 fully saturated rings. The first-order valence-corrected chi connectivity index (χ1v) is 8.85. The molecular weight excluding hydrogens is 280 g/mol. The molecule has 4 heteroatoms. The Hall–Kier alpha value is -0.870. The summed E-state index contributed by atoms with van der Waals surface area (Å²) in [5.74, 6) is 0.919. The number of hydrogen-bond donors (Lipinski definition) is 1. The fourth-order valence-electron chi connectivity index (χ4n) is 4.15. The van der Waals surface area contributed by atoms with E-state index in [9.17, 15) is 4.79 Å². The third-order valence-electron chi connectivity index (χ3n) is 6.70. The van der Waals surface area contributed by atoms with Gasteiger partial charge in [0, 0.05) is 6.54 Å². The molecule has 1 atom stereocenters. The molecule has 2 heterocycles. The van der Waals surface area contributed by atoms with Crippen molar-refractivity contribution in [2.45, 2.75) is 52.2 Å². The number of hydrogen-bond acceptors (Lipinski definition) is 3. The highest BCUT2D eigenvalue weighted by Gasteiger charge is 2.67. The Bertz CT molecular complexity index is 572. The van der Waals surface area contributed by atoms with Crippen molar-refractivity contribution in [2.75, 3.05) is 6.54 Å². The van der Waals surface area contributed by atoms with Crippen molar-refractivity contribution in [1.82, 2.24) is 10.2 Å². The molecule has 1 N–H and O–H groups in total. The monoisotopic (exact) mass is 304 g/mol. The number of amides is 1. The minimum absolute atomic E-state index is 0.0819. The maximum absolute atomic E-state index is 12.8. The van der Waals surface area contributed by atoms with Crippen molar-refractivity contribution in [1.29, 1.82) is 0 Å². The Labute approximate surface area is 130 Å². The van der Waals surface area contributed by atoms with Gasteiger partial charge >= 0.3 is 0 Å². The van der Waals surface area contributed by atoms with E-state index in [4.69, 9.17) is 0 Å². The molecule has 3 aliphatic rings. The van der Waals surface area contributed by atoms with E-state index in [1.54, 1.807) is 11.3 Å². The van der Waals surface area contributed by atoms with E-state index in [0.717, 1.165) is 19.4 Å². The second kappa shape index (κ2) is 3.90. The van der Waals surface area contributed by atoms with Crippen molar-refractivity contribution in [3.63, 3.8) is 0 Å². The van der Waals surface area contributed by atoms with E-state index in [0.29, 0.717) is 22.7 Å². The van der Waals surface area contributed by atoms with Gasteiger partial charge in [0.15, 0.2) is 0 Å². The van der Waals surface area contributed by atoms with Crippen LogP contribution in [0.25, 0.3) is 0 Å². The highest BCUT2D eigenvalue weighted by atomic mass is 32.1. The van der Waals surface area contributed by atoms with E-state index in [2.05, 4.69) is 54.7 Å². The predicted octanol–water partition coefficient (Wildman–Crippen LogP) is 3.39. The topological polar surface area (TPSA) is 32.3 Å². The lowest BCUT2D eigenvalue weighted by atomic mass is 10.0. The lowest BCUT2D eigenvalue weighted by molar-refractivity contribution is -0.131. The van der Waals surface area contributed by atoms with Gasteiger partial charge in [-0.2, -0.15) is 11.3 Å². The first-order chi connectivity index (χ1) is 9.80. The lowest BCUT2D eigenvalue weighted by Gasteiger charge is -2.24. The van der Waals surface area contributed by atoms with Crippen LogP contribution in [0, 0.1) is 16.7 Å². The van der Waals surface area contributed by atoms with E-state index < -0.39 is 0 Å². The van der Waals surface area contributed by atoms with Crippen LogP contribution in [0.2, 0.25) is 0 Å². The third-order valence-corrected chi connectivity index (χ3v) is 7.40. The van der Waals surface area contributed by atoms with Crippen LogP contribution < -0.4 is 5.32 Å². The Kier molecular flexibility index (Phi) is 2.56. The maximum Gasteiger partial charge on any atom is 0.244 e. The summed E-state index contributed by atoms with van der Waals surface area (Å²) >= 11 is 1.71. The maximum atomic E-state index is 12.8. The fourth-order valence-corrected chi connectivity index (χ4v) is 4.82. The highest BCUT2D eigenvalue weighted by Crippen LogP contribution is 2.69. The molecule has 0 aromatic carbocycles. The molecule has 0 radical (unpaired) electrons. The first kappa shape index (κ1) is 13.8. The quantitative estimate of drug-likeness (QED) is 0.928. The zero-order valence-corrected chi connectivity index (χ0v) is 14.1. The number of thiophene rings is 1. The van der Waals surface area contributed by atoms with Crippen molar-refractivity contribution in [3.8, 4) is 0 Å². The second-order valence-electron chi connectivity index (χ2n) is 8.14. The summed E-state index contributed by atoms with van der Waals surface area (Å²) in [7, 11) is 0. The second-order valence-corrected chi connectivity index (χ2v) is 8.92. The van der Waals surface area contributed by atoms with Crippen molar-refractivity contribution in [3.05, 3.63) is 22.4 Å². The van der Waals surface area contributed by atoms with Crippen molar-refractivity contribution in [2.24, 2.45) is 16.7 Å². The van der Waals surface area contributed by atoms with E-state index in [-0.39, 0.29) is 11.7 Å². The van der Waals surface area contributed by atoms with Crippen LogP contribution >= 0.6 is 11.3 Å². The van der Waals surface area contributed by atoms with Crippen molar-refractivity contribution < 1.29 is 4.79 Å². The predicted molar refractivity (Wildman–Crippen MR) is 84.9 cm³/mol. The van der Waals surface area contributed by atoms with E-state index in [1.807, 2.05) is 0 Å². The van der Waals surface area contributed by atoms with Crippen LogP contribution in [0.5, 0.6) is 0 Å². The zero-order valence-electron chi connectivity index (χ0n) is 13.3. The average Bonchev–Trinajstić information content (AvgIpc) is 3.05. The third kappa shape index (κ3) is 1.72. The van der Waals surface area contributed by atoms with Gasteiger partial charge in [0.2, 0.25) is 5.91 Å². The van der Waals surface area contributed by atoms with Gasteiger partial charge < -0.3 is 4.90 Å². The zero-order chi connectivity index (χ0) is 15.0. The Balaban J connectivity index is 1.61. The van der Waals surface area contributed by atoms with Crippen molar-refractivity contribution >= 4 is 17.2 Å².